The summed E-state index contributed by atoms with van der Waals surface area (Å²) in [5.74, 6) is -0.0195. The summed E-state index contributed by atoms with van der Waals surface area (Å²) in [5, 5.41) is 11.5. The van der Waals surface area contributed by atoms with E-state index in [-0.39, 0.29) is 18.2 Å². The lowest BCUT2D eigenvalue weighted by molar-refractivity contribution is 0.141. The van der Waals surface area contributed by atoms with Gasteiger partial charge in [0.05, 0.1) is 5.69 Å². The topological polar surface area (TPSA) is 97.2 Å². The fraction of sp³-hybridized carbons (Fsp3) is 0.294. The van der Waals surface area contributed by atoms with E-state index in [9.17, 15) is 0 Å². The first-order valence-corrected chi connectivity index (χ1v) is 7.47. The van der Waals surface area contributed by atoms with E-state index in [4.69, 9.17) is 16.0 Å². The highest BCUT2D eigenvalue weighted by atomic mass is 35.5. The van der Waals surface area contributed by atoms with Crippen LogP contribution in [0, 0.1) is 12.3 Å². The molecule has 128 valence electrons. The number of pyridine rings is 2. The minimum Gasteiger partial charge on any atom is -0.396 e. The summed E-state index contributed by atoms with van der Waals surface area (Å²) in [5.41, 5.74) is 9.35. The van der Waals surface area contributed by atoms with Crippen LogP contribution >= 0.6 is 12.4 Å². The molecule has 0 atom stereocenters. The predicted octanol–water partition coefficient (Wildman–Crippen LogP) is 2.86. The van der Waals surface area contributed by atoms with Crippen LogP contribution in [0.5, 0.6) is 0 Å². The Kier molecular flexibility index (Phi) is 7.85. The van der Waals surface area contributed by atoms with Gasteiger partial charge < -0.3 is 10.6 Å². The van der Waals surface area contributed by atoms with Crippen molar-refractivity contribution in [3.05, 3.63) is 59.2 Å². The van der Waals surface area contributed by atoms with Crippen molar-refractivity contribution < 1.29 is 4.84 Å². The third kappa shape index (κ3) is 5.96. The Morgan fingerprint density at radius 1 is 1.17 bits per heavy atom. The molecular weight excluding hydrogens is 326 g/mol. The van der Waals surface area contributed by atoms with Crippen LogP contribution in [0.15, 0.2) is 41.6 Å². The average molecular weight is 348 g/mol. The Morgan fingerprint density at radius 2 is 1.88 bits per heavy atom. The smallest absolute Gasteiger partial charge is 0.141 e. The van der Waals surface area contributed by atoms with Gasteiger partial charge in [0.15, 0.2) is 0 Å². The largest absolute Gasteiger partial charge is 0.396 e. The molecule has 0 saturated heterocycles. The van der Waals surface area contributed by atoms with Crippen molar-refractivity contribution in [2.24, 2.45) is 10.9 Å². The second kappa shape index (κ2) is 9.62. The quantitative estimate of drug-likeness (QED) is 0.348. The molecule has 0 amide bonds. The maximum atomic E-state index is 7.39. The van der Waals surface area contributed by atoms with E-state index in [0.717, 1.165) is 35.6 Å². The number of halogens is 1. The van der Waals surface area contributed by atoms with Crippen molar-refractivity contribution in [2.45, 2.75) is 26.7 Å². The van der Waals surface area contributed by atoms with Gasteiger partial charge in [-0.15, -0.1) is 12.4 Å². The lowest BCUT2D eigenvalue weighted by Crippen LogP contribution is -2.13. The molecule has 0 saturated carbocycles. The number of nitrogens with two attached hydrogens (primary N) is 1. The third-order valence-corrected chi connectivity index (χ3v) is 3.21. The van der Waals surface area contributed by atoms with E-state index in [1.165, 1.54) is 0 Å². The molecule has 0 spiro atoms. The number of nitrogen functional groups attached to an aromatic ring is 1. The summed E-state index contributed by atoms with van der Waals surface area (Å²) in [4.78, 5) is 14.0. The first-order valence-electron chi connectivity index (χ1n) is 7.47. The van der Waals surface area contributed by atoms with Crippen LogP contribution in [0.25, 0.3) is 0 Å². The summed E-state index contributed by atoms with van der Waals surface area (Å²) in [6.45, 7) is 4.31. The zero-order valence-corrected chi connectivity index (χ0v) is 14.6. The van der Waals surface area contributed by atoms with Gasteiger partial charge in [-0.1, -0.05) is 17.3 Å². The molecule has 0 aliphatic rings. The molecule has 24 heavy (non-hydrogen) atoms. The van der Waals surface area contributed by atoms with E-state index < -0.39 is 0 Å². The Labute approximate surface area is 148 Å². The van der Waals surface area contributed by atoms with Gasteiger partial charge in [-0.2, -0.15) is 0 Å². The molecular formula is C17H22ClN5O. The van der Waals surface area contributed by atoms with Gasteiger partial charge in [-0.05, 0) is 51.0 Å². The molecule has 0 aromatic carbocycles. The van der Waals surface area contributed by atoms with E-state index in [1.54, 1.807) is 6.07 Å². The number of hydrogen-bond acceptors (Lipinski definition) is 5. The van der Waals surface area contributed by atoms with Crippen LogP contribution in [0.1, 0.15) is 36.1 Å². The fourth-order valence-electron chi connectivity index (χ4n) is 2.02. The molecule has 7 heteroatoms. The first kappa shape index (κ1) is 19.6. The van der Waals surface area contributed by atoms with Crippen molar-refractivity contribution >= 4 is 24.0 Å². The molecule has 0 fully saturated rings. The van der Waals surface area contributed by atoms with Crippen molar-refractivity contribution in [2.75, 3.05) is 6.61 Å². The van der Waals surface area contributed by atoms with Gasteiger partial charge in [0, 0.05) is 11.4 Å². The summed E-state index contributed by atoms with van der Waals surface area (Å²) >= 11 is 0. The normalized spacial score (nSPS) is 10.8. The second-order valence-corrected chi connectivity index (χ2v) is 5.21. The summed E-state index contributed by atoms with van der Waals surface area (Å²) in [7, 11) is 0. The van der Waals surface area contributed by atoms with Gasteiger partial charge in [0.25, 0.3) is 0 Å². The van der Waals surface area contributed by atoms with Crippen molar-refractivity contribution in [3.63, 3.8) is 0 Å². The molecule has 2 aromatic rings. The number of oxime groups is 1. The standard InChI is InChI=1S/C17H21N5O.ClH/c1-12-6-3-9-15(20-12)13(2)22-23-11-5-8-14-7-4-10-16(21-14)17(18)19;/h3-4,6-7,9-10H,5,8,11H2,1-2H3,(H3,18,19);1H/b22-13-;. The average Bonchev–Trinajstić information content (AvgIpc) is 2.54. The molecule has 0 radical (unpaired) electrons. The second-order valence-electron chi connectivity index (χ2n) is 5.21. The number of aromatic nitrogens is 2. The highest BCUT2D eigenvalue weighted by Gasteiger charge is 2.02. The van der Waals surface area contributed by atoms with Gasteiger partial charge in [0.2, 0.25) is 0 Å². The molecule has 0 bridgehead atoms. The van der Waals surface area contributed by atoms with Gasteiger partial charge in [0.1, 0.15) is 23.8 Å². The molecule has 2 aromatic heterocycles. The van der Waals surface area contributed by atoms with Crippen LogP contribution in [-0.2, 0) is 11.3 Å². The molecule has 0 aliphatic heterocycles. The number of nitrogens with one attached hydrogen (secondary N) is 1. The molecule has 2 rings (SSSR count). The molecule has 6 nitrogen and oxygen atoms in total. The van der Waals surface area contributed by atoms with Crippen LogP contribution in [-0.4, -0.2) is 28.1 Å². The lowest BCUT2D eigenvalue weighted by Gasteiger charge is -2.04. The SMILES string of the molecule is C/C(=N/OCCCc1cccc(C(=N)N)n1)c1cccc(C)n1.Cl. The Hall–Kier alpha value is -2.47. The number of hydrogen-bond donors (Lipinski definition) is 2. The van der Waals surface area contributed by atoms with E-state index >= 15 is 0 Å². The molecule has 0 unspecified atom stereocenters. The zero-order valence-electron chi connectivity index (χ0n) is 13.8. The van der Waals surface area contributed by atoms with E-state index in [2.05, 4.69) is 15.1 Å². The molecule has 3 N–H and O–H groups in total. The Balaban J connectivity index is 0.00000288. The molecule has 0 aliphatic carbocycles. The summed E-state index contributed by atoms with van der Waals surface area (Å²) in [6.07, 6.45) is 1.53. The highest BCUT2D eigenvalue weighted by Crippen LogP contribution is 2.04. The number of rotatable bonds is 7. The highest BCUT2D eigenvalue weighted by molar-refractivity contribution is 5.96. The first-order chi connectivity index (χ1) is 11.1. The number of amidine groups is 1. The van der Waals surface area contributed by atoms with Crippen molar-refractivity contribution in [1.82, 2.24) is 9.97 Å². The molecule has 2 heterocycles. The summed E-state index contributed by atoms with van der Waals surface area (Å²) in [6, 6.07) is 11.3. The van der Waals surface area contributed by atoms with Crippen molar-refractivity contribution in [3.8, 4) is 0 Å². The monoisotopic (exact) mass is 347 g/mol. The van der Waals surface area contributed by atoms with Crippen LogP contribution in [0.4, 0.5) is 0 Å². The van der Waals surface area contributed by atoms with Gasteiger partial charge >= 0.3 is 0 Å². The predicted molar refractivity (Wildman–Crippen MR) is 98.0 cm³/mol. The third-order valence-electron chi connectivity index (χ3n) is 3.21. The minimum absolute atomic E-state index is 0. The number of aryl methyl sites for hydroxylation is 2. The van der Waals surface area contributed by atoms with Crippen molar-refractivity contribution in [1.29, 1.82) is 5.41 Å². The minimum atomic E-state index is -0.0195. The maximum Gasteiger partial charge on any atom is 0.141 e. The van der Waals surface area contributed by atoms with Crippen LogP contribution in [0.3, 0.4) is 0 Å². The summed E-state index contributed by atoms with van der Waals surface area (Å²) < 4.78 is 0. The van der Waals surface area contributed by atoms with Crippen LogP contribution < -0.4 is 5.73 Å². The maximum absolute atomic E-state index is 7.39. The van der Waals surface area contributed by atoms with Gasteiger partial charge in [-0.25, -0.2) is 4.98 Å². The van der Waals surface area contributed by atoms with E-state index in [1.807, 2.05) is 44.2 Å². The Morgan fingerprint density at radius 3 is 2.58 bits per heavy atom. The van der Waals surface area contributed by atoms with Crippen LogP contribution in [0.2, 0.25) is 0 Å². The van der Waals surface area contributed by atoms with Gasteiger partial charge in [-0.3, -0.25) is 10.4 Å². The number of nitrogens with zero attached hydrogens (tertiary/aromatic N) is 3. The fourth-order valence-corrected chi connectivity index (χ4v) is 2.02. The Bertz CT molecular complexity index is 718. The zero-order chi connectivity index (χ0) is 16.7. The van der Waals surface area contributed by atoms with E-state index in [0.29, 0.717) is 12.3 Å². The lowest BCUT2D eigenvalue weighted by atomic mass is 10.2.